The van der Waals surface area contributed by atoms with Crippen LogP contribution in [0, 0.1) is 0 Å². The van der Waals surface area contributed by atoms with E-state index in [0.717, 1.165) is 24.1 Å². The topological polar surface area (TPSA) is 58.1 Å². The number of amides is 1. The van der Waals surface area contributed by atoms with Crippen molar-refractivity contribution in [3.8, 4) is 0 Å². The molecule has 0 saturated carbocycles. The zero-order valence-electron chi connectivity index (χ0n) is 13.9. The lowest BCUT2D eigenvalue weighted by Crippen LogP contribution is -2.31. The predicted molar refractivity (Wildman–Crippen MR) is 95.0 cm³/mol. The van der Waals surface area contributed by atoms with Crippen molar-refractivity contribution in [2.75, 3.05) is 11.9 Å². The number of aromatic nitrogens is 2. The summed E-state index contributed by atoms with van der Waals surface area (Å²) in [6, 6.07) is 10.3. The van der Waals surface area contributed by atoms with Gasteiger partial charge < -0.3 is 10.2 Å². The fraction of sp³-hybridized carbons (Fsp3) is 0.389. The molecule has 1 aromatic carbocycles. The normalized spacial score (nSPS) is 20.2. The maximum Gasteiger partial charge on any atom is 0.220 e. The van der Waals surface area contributed by atoms with Crippen molar-refractivity contribution in [1.29, 1.82) is 0 Å². The van der Waals surface area contributed by atoms with Crippen LogP contribution in [-0.4, -0.2) is 33.4 Å². The number of rotatable bonds is 4. The van der Waals surface area contributed by atoms with E-state index in [1.165, 1.54) is 6.33 Å². The highest BCUT2D eigenvalue weighted by molar-refractivity contribution is 6.33. The Hall–Kier alpha value is -2.14. The number of benzene rings is 1. The number of anilines is 1. The number of hydrogen-bond donors (Lipinski definition) is 1. The SMILES string of the molecule is CCc1ncnc(NC2CC(c3ccccc3)N(C(C)=O)C2)c1Cl. The summed E-state index contributed by atoms with van der Waals surface area (Å²) in [6.07, 6.45) is 3.11. The number of halogens is 1. The number of carbonyl (C=O) groups excluding carboxylic acids is 1. The van der Waals surface area contributed by atoms with E-state index in [2.05, 4.69) is 27.4 Å². The molecule has 1 aromatic heterocycles. The van der Waals surface area contributed by atoms with Gasteiger partial charge in [-0.1, -0.05) is 48.9 Å². The first kappa shape index (κ1) is 16.7. The van der Waals surface area contributed by atoms with Crippen LogP contribution in [0.5, 0.6) is 0 Å². The monoisotopic (exact) mass is 344 g/mol. The summed E-state index contributed by atoms with van der Waals surface area (Å²) in [5.41, 5.74) is 1.98. The molecule has 1 amide bonds. The smallest absolute Gasteiger partial charge is 0.220 e. The third-order valence-electron chi connectivity index (χ3n) is 4.43. The van der Waals surface area contributed by atoms with E-state index in [1.54, 1.807) is 6.92 Å². The highest BCUT2D eigenvalue weighted by atomic mass is 35.5. The average Bonchev–Trinajstić information content (AvgIpc) is 3.02. The van der Waals surface area contributed by atoms with Gasteiger partial charge in [0.15, 0.2) is 0 Å². The molecule has 1 N–H and O–H groups in total. The first-order valence-electron chi connectivity index (χ1n) is 8.18. The van der Waals surface area contributed by atoms with Crippen molar-refractivity contribution in [3.05, 3.63) is 52.9 Å². The Balaban J connectivity index is 1.80. The van der Waals surface area contributed by atoms with Crippen molar-refractivity contribution in [3.63, 3.8) is 0 Å². The summed E-state index contributed by atoms with van der Waals surface area (Å²) < 4.78 is 0. The number of carbonyl (C=O) groups is 1. The van der Waals surface area contributed by atoms with Gasteiger partial charge in [-0.25, -0.2) is 9.97 Å². The molecule has 5 nitrogen and oxygen atoms in total. The number of nitrogens with zero attached hydrogens (tertiary/aromatic N) is 3. The van der Waals surface area contributed by atoms with Crippen LogP contribution < -0.4 is 5.32 Å². The molecular formula is C18H21ClN4O. The molecule has 0 spiro atoms. The van der Waals surface area contributed by atoms with Gasteiger partial charge in [-0.3, -0.25) is 4.79 Å². The van der Waals surface area contributed by atoms with E-state index in [-0.39, 0.29) is 18.0 Å². The third kappa shape index (κ3) is 3.36. The maximum absolute atomic E-state index is 12.0. The highest BCUT2D eigenvalue weighted by Crippen LogP contribution is 2.34. The van der Waals surface area contributed by atoms with Gasteiger partial charge in [0, 0.05) is 19.5 Å². The standard InChI is InChI=1S/C18H21ClN4O/c1-3-15-17(19)18(21-11-20-15)22-14-9-16(23(10-14)12(2)24)13-7-5-4-6-8-13/h4-8,11,14,16H,3,9-10H2,1-2H3,(H,20,21,22). The van der Waals surface area contributed by atoms with Crippen LogP contribution in [0.1, 0.15) is 37.6 Å². The Morgan fingerprint density at radius 3 is 2.75 bits per heavy atom. The molecule has 2 atom stereocenters. The Morgan fingerprint density at radius 2 is 2.08 bits per heavy atom. The second kappa shape index (κ2) is 7.18. The second-order valence-corrected chi connectivity index (χ2v) is 6.39. The summed E-state index contributed by atoms with van der Waals surface area (Å²) in [4.78, 5) is 22.4. The quantitative estimate of drug-likeness (QED) is 0.922. The molecule has 0 radical (unpaired) electrons. The summed E-state index contributed by atoms with van der Waals surface area (Å²) in [7, 11) is 0. The van der Waals surface area contributed by atoms with Crippen LogP contribution in [0.3, 0.4) is 0 Å². The molecule has 1 fully saturated rings. The van der Waals surface area contributed by atoms with Gasteiger partial charge >= 0.3 is 0 Å². The molecular weight excluding hydrogens is 324 g/mol. The molecule has 2 heterocycles. The summed E-state index contributed by atoms with van der Waals surface area (Å²) in [6.45, 7) is 4.26. The minimum absolute atomic E-state index is 0.0764. The van der Waals surface area contributed by atoms with Gasteiger partial charge in [-0.15, -0.1) is 0 Å². The lowest BCUT2D eigenvalue weighted by molar-refractivity contribution is -0.129. The fourth-order valence-corrected chi connectivity index (χ4v) is 3.51. The zero-order valence-corrected chi connectivity index (χ0v) is 14.6. The minimum atomic E-state index is 0.0764. The summed E-state index contributed by atoms with van der Waals surface area (Å²) in [5, 5.41) is 3.96. The minimum Gasteiger partial charge on any atom is -0.364 e. The fourth-order valence-electron chi connectivity index (χ4n) is 3.23. The number of aryl methyl sites for hydroxylation is 1. The largest absolute Gasteiger partial charge is 0.364 e. The van der Waals surface area contributed by atoms with Crippen molar-refractivity contribution in [2.24, 2.45) is 0 Å². The lowest BCUT2D eigenvalue weighted by atomic mass is 10.0. The summed E-state index contributed by atoms with van der Waals surface area (Å²) >= 11 is 6.37. The Kier molecular flexibility index (Phi) is 5.00. The van der Waals surface area contributed by atoms with E-state index in [1.807, 2.05) is 30.0 Å². The van der Waals surface area contributed by atoms with Crippen molar-refractivity contribution in [2.45, 2.75) is 38.8 Å². The highest BCUT2D eigenvalue weighted by Gasteiger charge is 2.35. The van der Waals surface area contributed by atoms with E-state index in [0.29, 0.717) is 17.4 Å². The van der Waals surface area contributed by atoms with Crippen molar-refractivity contribution >= 4 is 23.3 Å². The van der Waals surface area contributed by atoms with Gasteiger partial charge in [0.1, 0.15) is 17.2 Å². The molecule has 0 aliphatic carbocycles. The molecule has 2 unspecified atom stereocenters. The molecule has 3 rings (SSSR count). The molecule has 2 aromatic rings. The maximum atomic E-state index is 12.0. The third-order valence-corrected chi connectivity index (χ3v) is 4.82. The predicted octanol–water partition coefficient (Wildman–Crippen LogP) is 3.47. The lowest BCUT2D eigenvalue weighted by Gasteiger charge is -2.23. The molecule has 24 heavy (non-hydrogen) atoms. The zero-order chi connectivity index (χ0) is 17.1. The first-order chi connectivity index (χ1) is 11.6. The van der Waals surface area contributed by atoms with Crippen molar-refractivity contribution in [1.82, 2.24) is 14.9 Å². The van der Waals surface area contributed by atoms with E-state index >= 15 is 0 Å². The number of nitrogens with one attached hydrogen (secondary N) is 1. The van der Waals surface area contributed by atoms with Crippen LogP contribution in [0.4, 0.5) is 5.82 Å². The average molecular weight is 345 g/mol. The van der Waals surface area contributed by atoms with Gasteiger partial charge in [-0.2, -0.15) is 0 Å². The van der Waals surface area contributed by atoms with E-state index in [9.17, 15) is 4.79 Å². The summed E-state index contributed by atoms with van der Waals surface area (Å²) in [5.74, 6) is 0.724. The number of likely N-dealkylation sites (tertiary alicyclic amines) is 1. The van der Waals surface area contributed by atoms with E-state index < -0.39 is 0 Å². The van der Waals surface area contributed by atoms with Gasteiger partial charge in [0.25, 0.3) is 0 Å². The van der Waals surface area contributed by atoms with Gasteiger partial charge in [0.2, 0.25) is 5.91 Å². The van der Waals surface area contributed by atoms with Crippen molar-refractivity contribution < 1.29 is 4.79 Å². The molecule has 0 bridgehead atoms. The Labute approximate surface area is 147 Å². The van der Waals surface area contributed by atoms with Crippen LogP contribution in [0.25, 0.3) is 0 Å². The van der Waals surface area contributed by atoms with Crippen LogP contribution in [0.2, 0.25) is 5.02 Å². The number of hydrogen-bond acceptors (Lipinski definition) is 4. The van der Waals surface area contributed by atoms with Crippen LogP contribution in [-0.2, 0) is 11.2 Å². The van der Waals surface area contributed by atoms with Crippen LogP contribution in [0.15, 0.2) is 36.7 Å². The molecule has 6 heteroatoms. The Bertz CT molecular complexity index is 722. The van der Waals surface area contributed by atoms with Crippen LogP contribution >= 0.6 is 11.6 Å². The van der Waals surface area contributed by atoms with Gasteiger partial charge in [0.05, 0.1) is 11.7 Å². The Morgan fingerprint density at radius 1 is 1.33 bits per heavy atom. The molecule has 1 saturated heterocycles. The van der Waals surface area contributed by atoms with Gasteiger partial charge in [-0.05, 0) is 18.4 Å². The second-order valence-electron chi connectivity index (χ2n) is 6.01. The van der Waals surface area contributed by atoms with E-state index in [4.69, 9.17) is 11.6 Å². The first-order valence-corrected chi connectivity index (χ1v) is 8.56. The molecule has 1 aliphatic rings. The molecule has 126 valence electrons. The molecule has 1 aliphatic heterocycles.